The predicted molar refractivity (Wildman–Crippen MR) is 18.9 cm³/mol. The molecule has 0 bridgehead atoms. The van der Waals surface area contributed by atoms with Crippen LogP contribution in [0.15, 0.2) is 22.3 Å². The average Bonchev–Trinajstić information content (AvgIpc) is 1.86. The van der Waals surface area contributed by atoms with Gasteiger partial charge in [0.05, 0.1) is 6.20 Å². The summed E-state index contributed by atoms with van der Waals surface area (Å²) >= 11 is 0. The summed E-state index contributed by atoms with van der Waals surface area (Å²) in [6, 6.07) is 0. The topological polar surface area (TPSA) is 24.7 Å². The number of azo groups is 1. The fraction of sp³-hybridized carbons (Fsp3) is 0.333. The summed E-state index contributed by atoms with van der Waals surface area (Å²) in [5, 5.41) is 6.57. The molecule has 0 aromatic heterocycles. The number of halogens is 1. The standard InChI is InChI=1S/C3H3FN2/c4-3-1-5-6-2-3/h1H,2H2. The van der Waals surface area contributed by atoms with E-state index in [1.54, 1.807) is 0 Å². The van der Waals surface area contributed by atoms with Gasteiger partial charge in [-0.3, -0.25) is 0 Å². The van der Waals surface area contributed by atoms with Gasteiger partial charge in [0, 0.05) is 0 Å². The third-order valence-electron chi connectivity index (χ3n) is 0.501. The lowest BCUT2D eigenvalue weighted by Gasteiger charge is -1.69. The van der Waals surface area contributed by atoms with Crippen molar-refractivity contribution >= 4 is 0 Å². The molecule has 0 saturated heterocycles. The maximum absolute atomic E-state index is 11.6. The molecule has 3 heteroatoms. The zero-order valence-corrected chi connectivity index (χ0v) is 3.06. The number of hydrogen-bond donors (Lipinski definition) is 0. The molecule has 1 heterocycles. The van der Waals surface area contributed by atoms with E-state index in [0.717, 1.165) is 6.20 Å². The summed E-state index contributed by atoms with van der Waals surface area (Å²) < 4.78 is 11.6. The Labute approximate surface area is 34.4 Å². The molecule has 1 aliphatic heterocycles. The Morgan fingerprint density at radius 3 is 2.83 bits per heavy atom. The molecule has 0 aromatic carbocycles. The second kappa shape index (κ2) is 1.16. The van der Waals surface area contributed by atoms with Crippen LogP contribution in [-0.4, -0.2) is 6.54 Å². The van der Waals surface area contributed by atoms with Crippen molar-refractivity contribution in [2.45, 2.75) is 0 Å². The summed E-state index contributed by atoms with van der Waals surface area (Å²) in [5.74, 6) is -0.255. The Kier molecular flexibility index (Phi) is 0.670. The Morgan fingerprint density at radius 1 is 1.83 bits per heavy atom. The van der Waals surface area contributed by atoms with Crippen LogP contribution in [0.4, 0.5) is 4.39 Å². The van der Waals surface area contributed by atoms with Gasteiger partial charge >= 0.3 is 0 Å². The number of hydrogen-bond acceptors (Lipinski definition) is 2. The predicted octanol–water partition coefficient (Wildman–Crippen LogP) is 1.26. The zero-order chi connectivity index (χ0) is 4.41. The van der Waals surface area contributed by atoms with Crippen LogP contribution >= 0.6 is 0 Å². The van der Waals surface area contributed by atoms with Gasteiger partial charge in [0.1, 0.15) is 12.4 Å². The molecule has 0 fully saturated rings. The molecule has 0 N–H and O–H groups in total. The molecule has 1 aliphatic rings. The van der Waals surface area contributed by atoms with Crippen LogP contribution < -0.4 is 0 Å². The van der Waals surface area contributed by atoms with Gasteiger partial charge in [-0.1, -0.05) is 0 Å². The summed E-state index contributed by atoms with van der Waals surface area (Å²) in [6.45, 7) is 0.139. The van der Waals surface area contributed by atoms with Crippen molar-refractivity contribution in [3.63, 3.8) is 0 Å². The highest BCUT2D eigenvalue weighted by Crippen LogP contribution is 2.03. The van der Waals surface area contributed by atoms with Gasteiger partial charge in [-0.05, 0) is 0 Å². The Morgan fingerprint density at radius 2 is 2.67 bits per heavy atom. The molecule has 0 spiro atoms. The van der Waals surface area contributed by atoms with Gasteiger partial charge in [-0.2, -0.15) is 10.2 Å². The summed E-state index contributed by atoms with van der Waals surface area (Å²) in [6.07, 6.45) is 1.11. The van der Waals surface area contributed by atoms with Crippen molar-refractivity contribution in [3.05, 3.63) is 12.0 Å². The fourth-order valence-corrected chi connectivity index (χ4v) is 0.253. The molecule has 1 rings (SSSR count). The van der Waals surface area contributed by atoms with E-state index in [-0.39, 0.29) is 12.4 Å². The van der Waals surface area contributed by atoms with E-state index in [4.69, 9.17) is 0 Å². The first-order chi connectivity index (χ1) is 2.89. The zero-order valence-electron chi connectivity index (χ0n) is 3.06. The lowest BCUT2D eigenvalue weighted by molar-refractivity contribution is 0.627. The second-order valence-electron chi connectivity index (χ2n) is 0.991. The number of nitrogens with zero attached hydrogens (tertiary/aromatic N) is 2. The minimum absolute atomic E-state index is 0.139. The van der Waals surface area contributed by atoms with Gasteiger partial charge in [0.15, 0.2) is 0 Å². The smallest absolute Gasteiger partial charge is 0.143 e. The molecular formula is C3H3FN2. The van der Waals surface area contributed by atoms with Crippen LogP contribution in [0.25, 0.3) is 0 Å². The van der Waals surface area contributed by atoms with Gasteiger partial charge in [-0.25, -0.2) is 4.39 Å². The fourth-order valence-electron chi connectivity index (χ4n) is 0.253. The lowest BCUT2D eigenvalue weighted by atomic mass is 10.6. The van der Waals surface area contributed by atoms with Gasteiger partial charge in [0.2, 0.25) is 0 Å². The molecule has 6 heavy (non-hydrogen) atoms. The van der Waals surface area contributed by atoms with Crippen molar-refractivity contribution in [1.82, 2.24) is 0 Å². The molecule has 0 aromatic rings. The molecule has 0 aliphatic carbocycles. The first-order valence-corrected chi connectivity index (χ1v) is 1.61. The average molecular weight is 86.1 g/mol. The largest absolute Gasteiger partial charge is 0.208 e. The quantitative estimate of drug-likeness (QED) is 0.424. The van der Waals surface area contributed by atoms with Gasteiger partial charge in [0.25, 0.3) is 0 Å². The van der Waals surface area contributed by atoms with Crippen LogP contribution in [0.2, 0.25) is 0 Å². The van der Waals surface area contributed by atoms with E-state index < -0.39 is 0 Å². The van der Waals surface area contributed by atoms with E-state index in [1.807, 2.05) is 0 Å². The van der Waals surface area contributed by atoms with E-state index in [9.17, 15) is 4.39 Å². The molecule has 0 unspecified atom stereocenters. The Bertz CT molecular complexity index is 105. The Balaban J connectivity index is 2.61. The highest BCUT2D eigenvalue weighted by Gasteiger charge is 1.94. The summed E-state index contributed by atoms with van der Waals surface area (Å²) in [5.41, 5.74) is 0. The second-order valence-corrected chi connectivity index (χ2v) is 0.991. The Hall–Kier alpha value is -0.730. The molecule has 32 valence electrons. The van der Waals surface area contributed by atoms with Crippen molar-refractivity contribution < 1.29 is 4.39 Å². The van der Waals surface area contributed by atoms with Crippen LogP contribution in [0.3, 0.4) is 0 Å². The van der Waals surface area contributed by atoms with Crippen LogP contribution in [0.1, 0.15) is 0 Å². The van der Waals surface area contributed by atoms with E-state index >= 15 is 0 Å². The van der Waals surface area contributed by atoms with E-state index in [0.29, 0.717) is 0 Å². The van der Waals surface area contributed by atoms with Gasteiger partial charge in [-0.15, -0.1) is 0 Å². The normalized spacial score (nSPS) is 18.5. The van der Waals surface area contributed by atoms with Gasteiger partial charge < -0.3 is 0 Å². The van der Waals surface area contributed by atoms with E-state index in [1.165, 1.54) is 0 Å². The summed E-state index contributed by atoms with van der Waals surface area (Å²) in [4.78, 5) is 0. The molecular weight excluding hydrogens is 83.0 g/mol. The molecule has 2 nitrogen and oxygen atoms in total. The van der Waals surface area contributed by atoms with Crippen LogP contribution in [0, 0.1) is 0 Å². The van der Waals surface area contributed by atoms with Crippen molar-refractivity contribution in [1.29, 1.82) is 0 Å². The number of rotatable bonds is 0. The van der Waals surface area contributed by atoms with Crippen molar-refractivity contribution in [2.75, 3.05) is 6.54 Å². The first-order valence-electron chi connectivity index (χ1n) is 1.61. The van der Waals surface area contributed by atoms with Crippen LogP contribution in [-0.2, 0) is 0 Å². The van der Waals surface area contributed by atoms with E-state index in [2.05, 4.69) is 10.2 Å². The molecule has 0 saturated carbocycles. The van der Waals surface area contributed by atoms with Crippen molar-refractivity contribution in [2.24, 2.45) is 10.2 Å². The molecule has 0 radical (unpaired) electrons. The summed E-state index contributed by atoms with van der Waals surface area (Å²) in [7, 11) is 0. The highest BCUT2D eigenvalue weighted by molar-refractivity contribution is 4.95. The van der Waals surface area contributed by atoms with Crippen molar-refractivity contribution in [3.8, 4) is 0 Å². The molecule has 0 amide bonds. The third-order valence-corrected chi connectivity index (χ3v) is 0.501. The molecule has 0 atom stereocenters. The maximum Gasteiger partial charge on any atom is 0.143 e. The minimum atomic E-state index is -0.255. The SMILES string of the molecule is FC1=CN=NC1. The highest BCUT2D eigenvalue weighted by atomic mass is 19.1. The maximum atomic E-state index is 11.6. The lowest BCUT2D eigenvalue weighted by Crippen LogP contribution is -1.67. The first kappa shape index (κ1) is 3.46. The van der Waals surface area contributed by atoms with Crippen LogP contribution in [0.5, 0.6) is 0 Å². The monoisotopic (exact) mass is 86.0 g/mol. The third kappa shape index (κ3) is 0.429. The minimum Gasteiger partial charge on any atom is -0.208 e.